The van der Waals surface area contributed by atoms with E-state index < -0.39 is 0 Å². The molecule has 640 valence electrons. The Bertz CT molecular complexity index is 7880. The Labute approximate surface area is 773 Å². The van der Waals surface area contributed by atoms with Crippen LogP contribution in [0.3, 0.4) is 0 Å². The van der Waals surface area contributed by atoms with Crippen LogP contribution in [0.2, 0.25) is 0 Å². The first kappa shape index (κ1) is 78.9. The molecule has 134 heavy (non-hydrogen) atoms. The lowest BCUT2D eigenvalue weighted by Gasteiger charge is -2.27. The van der Waals surface area contributed by atoms with Gasteiger partial charge in [-0.1, -0.05) is 211 Å². The lowest BCUT2D eigenvalue weighted by molar-refractivity contribution is 0.580. The fraction of sp³-hybridized carbons (Fsp3) is 0.0667. The Morgan fingerprint density at radius 1 is 0.201 bits per heavy atom. The minimum Gasteiger partial charge on any atom is -0.416 e. The molecule has 0 saturated carbocycles. The van der Waals surface area contributed by atoms with Crippen LogP contribution in [0, 0.1) is 0 Å². The Morgan fingerprint density at radius 3 is 0.679 bits per heavy atom. The summed E-state index contributed by atoms with van der Waals surface area (Å²) in [5.74, 6) is 1.50. The van der Waals surface area contributed by atoms with Gasteiger partial charge in [-0.05, 0) is 271 Å². The Kier molecular flexibility index (Phi) is 18.4. The molecule has 0 saturated heterocycles. The fourth-order valence-electron chi connectivity index (χ4n) is 20.2. The standard InChI is InChI=1S/C120H88N12O2/c1-119(2,3)80-43-39-76(40-44-80)115-122-124-117(133-115)78-71-79(118-125-123-116(134-118)77-41-45-81(46-42-77)120(4,5)6)73-83(72-78)121-82-47-49-88(50-48-82)132-113-69-67-93(126(84-51-59-89(60-52-84)128-105-31-15-7-23-95(105)96-24-8-16-32-106(96)128)85-53-61-90(62-54-85)129-107-33-17-9-25-97(107)98-26-10-18-34-108(98)129)74-103(113)104-75-94(68-70-114(104)132)127(86-55-63-91(64-56-86)130-109-35-19-11-27-99(109)100-28-12-20-36-110(100)130)87-57-65-92(66-58-87)131-111-37-21-13-29-101(111)102-30-14-22-38-112(102)131/h7-75,121H,1-6H3. The number of aromatic nitrogens is 9. The largest absolute Gasteiger partial charge is 0.416 e. The topological polar surface area (TPSA) is 121 Å². The SMILES string of the molecule is CC(C)(C)c1ccc(-c2nnc(-c3cc(Nc4ccc(-n5c6ccc(N(c7ccc(-n8c9ccccc9c9ccccc98)cc7)c7ccc(-n8c9ccccc9c9ccccc98)cc7)cc6c6cc(N(c7ccc(-n8c9ccccc9c9ccccc98)cc7)c7ccc(-n8c9ccccc9c9ccccc98)cc7)ccc65)cc4)cc(-c4nnc(-c5ccc(C(C)(C)C)cc5)o4)c3)o2)cc1. The molecule has 7 aromatic heterocycles. The van der Waals surface area contributed by atoms with E-state index in [2.05, 4.69) is 476 Å². The van der Waals surface area contributed by atoms with E-state index in [1.165, 1.54) is 54.2 Å². The molecule has 0 bridgehead atoms. The molecule has 25 rings (SSSR count). The summed E-state index contributed by atoms with van der Waals surface area (Å²) in [4.78, 5) is 4.82. The van der Waals surface area contributed by atoms with Crippen molar-refractivity contribution in [1.29, 1.82) is 0 Å². The summed E-state index contributed by atoms with van der Waals surface area (Å²) in [6, 6.07) is 151. The Morgan fingerprint density at radius 2 is 0.425 bits per heavy atom. The maximum Gasteiger partial charge on any atom is 0.248 e. The van der Waals surface area contributed by atoms with Crippen molar-refractivity contribution in [3.63, 3.8) is 0 Å². The smallest absolute Gasteiger partial charge is 0.248 e. The van der Waals surface area contributed by atoms with E-state index >= 15 is 0 Å². The first-order chi connectivity index (χ1) is 65.7. The maximum absolute atomic E-state index is 6.58. The summed E-state index contributed by atoms with van der Waals surface area (Å²) < 4.78 is 25.1. The van der Waals surface area contributed by atoms with Crippen LogP contribution in [0.4, 0.5) is 45.5 Å². The molecule has 18 aromatic carbocycles. The number of para-hydroxylation sites is 8. The van der Waals surface area contributed by atoms with Gasteiger partial charge in [-0.15, -0.1) is 20.4 Å². The van der Waals surface area contributed by atoms with Crippen molar-refractivity contribution in [3.8, 4) is 74.3 Å². The monoisotopic (exact) mass is 1730 g/mol. The van der Waals surface area contributed by atoms with Gasteiger partial charge in [-0.3, -0.25) is 0 Å². The van der Waals surface area contributed by atoms with Crippen molar-refractivity contribution in [2.24, 2.45) is 0 Å². The minimum absolute atomic E-state index is 0.0264. The van der Waals surface area contributed by atoms with Gasteiger partial charge in [0.05, 0.1) is 55.2 Å². The molecular formula is C120H88N12O2. The van der Waals surface area contributed by atoms with Gasteiger partial charge in [0, 0.05) is 150 Å². The third-order valence-corrected chi connectivity index (χ3v) is 26.7. The Balaban J connectivity index is 0.655. The van der Waals surface area contributed by atoms with E-state index in [0.717, 1.165) is 151 Å². The second kappa shape index (κ2) is 31.2. The van der Waals surface area contributed by atoms with Gasteiger partial charge in [0.2, 0.25) is 23.6 Å². The van der Waals surface area contributed by atoms with Gasteiger partial charge in [0.15, 0.2) is 0 Å². The van der Waals surface area contributed by atoms with Gasteiger partial charge in [0.25, 0.3) is 0 Å². The zero-order valence-electron chi connectivity index (χ0n) is 74.6. The Hall–Kier alpha value is -17.4. The summed E-state index contributed by atoms with van der Waals surface area (Å²) in [7, 11) is 0. The number of fused-ring (bicyclic) bond motifs is 15. The highest BCUT2D eigenvalue weighted by Gasteiger charge is 2.27. The zero-order valence-corrected chi connectivity index (χ0v) is 74.6. The van der Waals surface area contributed by atoms with E-state index in [0.29, 0.717) is 34.7 Å². The fourth-order valence-corrected chi connectivity index (χ4v) is 20.2. The number of nitrogens with one attached hydrogen (secondary N) is 1. The minimum atomic E-state index is -0.0264. The quantitative estimate of drug-likeness (QED) is 0.0950. The lowest BCUT2D eigenvalue weighted by Crippen LogP contribution is -2.10. The van der Waals surface area contributed by atoms with Crippen molar-refractivity contribution in [3.05, 3.63) is 430 Å². The average molecular weight is 1730 g/mol. The van der Waals surface area contributed by atoms with E-state index in [4.69, 9.17) is 8.83 Å². The predicted molar refractivity (Wildman–Crippen MR) is 552 cm³/mol. The van der Waals surface area contributed by atoms with Crippen LogP contribution in [0.5, 0.6) is 0 Å². The number of hydrogen-bond donors (Lipinski definition) is 1. The van der Waals surface area contributed by atoms with Gasteiger partial charge in [0.1, 0.15) is 0 Å². The highest BCUT2D eigenvalue weighted by atomic mass is 16.4. The van der Waals surface area contributed by atoms with Gasteiger partial charge in [-0.25, -0.2) is 0 Å². The molecule has 0 aliphatic carbocycles. The summed E-state index contributed by atoms with van der Waals surface area (Å²) in [5, 5.41) is 34.2. The summed E-state index contributed by atoms with van der Waals surface area (Å²) in [6.07, 6.45) is 0. The third-order valence-electron chi connectivity index (χ3n) is 26.7. The van der Waals surface area contributed by atoms with Crippen LogP contribution in [-0.2, 0) is 10.8 Å². The normalized spacial score (nSPS) is 12.1. The molecule has 7 heterocycles. The van der Waals surface area contributed by atoms with Gasteiger partial charge in [-0.2, -0.15) is 0 Å². The van der Waals surface area contributed by atoms with Crippen LogP contribution >= 0.6 is 0 Å². The average Bonchev–Trinajstić information content (AvgIpc) is 1.55. The molecule has 0 spiro atoms. The second-order valence-electron chi connectivity index (χ2n) is 36.9. The first-order valence-corrected chi connectivity index (χ1v) is 45.6. The highest BCUT2D eigenvalue weighted by molar-refractivity contribution is 6.15. The van der Waals surface area contributed by atoms with Crippen molar-refractivity contribution in [2.45, 2.75) is 52.4 Å². The molecule has 0 radical (unpaired) electrons. The van der Waals surface area contributed by atoms with Crippen LogP contribution in [0.15, 0.2) is 427 Å². The van der Waals surface area contributed by atoms with Gasteiger partial charge >= 0.3 is 0 Å². The van der Waals surface area contributed by atoms with E-state index in [-0.39, 0.29) is 10.8 Å². The van der Waals surface area contributed by atoms with E-state index in [9.17, 15) is 0 Å². The third kappa shape index (κ3) is 13.4. The van der Waals surface area contributed by atoms with Crippen molar-refractivity contribution < 1.29 is 8.83 Å². The van der Waals surface area contributed by atoms with Crippen molar-refractivity contribution in [2.75, 3.05) is 15.1 Å². The lowest BCUT2D eigenvalue weighted by atomic mass is 9.87. The van der Waals surface area contributed by atoms with Crippen molar-refractivity contribution in [1.82, 2.24) is 43.2 Å². The molecule has 14 heteroatoms. The number of anilines is 8. The number of rotatable bonds is 17. The highest BCUT2D eigenvalue weighted by Crippen LogP contribution is 2.48. The van der Waals surface area contributed by atoms with Crippen molar-refractivity contribution >= 4 is 155 Å². The van der Waals surface area contributed by atoms with E-state index in [1.54, 1.807) is 0 Å². The molecule has 1 N–H and O–H groups in total. The molecule has 0 fully saturated rings. The van der Waals surface area contributed by atoms with Crippen LogP contribution < -0.4 is 15.1 Å². The number of nitrogens with zero attached hydrogens (tertiary/aromatic N) is 11. The summed E-state index contributed by atoms with van der Waals surface area (Å²) in [5.41, 5.74) is 29.4. The maximum atomic E-state index is 6.58. The molecule has 0 amide bonds. The second-order valence-corrected chi connectivity index (χ2v) is 36.9. The molecule has 0 atom stereocenters. The molecular weight excluding hydrogens is 1640 g/mol. The predicted octanol–water partition coefficient (Wildman–Crippen LogP) is 31.9. The molecule has 0 aliphatic heterocycles. The summed E-state index contributed by atoms with van der Waals surface area (Å²) >= 11 is 0. The van der Waals surface area contributed by atoms with E-state index in [1.807, 2.05) is 42.5 Å². The van der Waals surface area contributed by atoms with Crippen LogP contribution in [-0.4, -0.2) is 43.2 Å². The molecule has 25 aromatic rings. The summed E-state index contributed by atoms with van der Waals surface area (Å²) in [6.45, 7) is 13.2. The number of benzene rings is 18. The first-order valence-electron chi connectivity index (χ1n) is 45.6. The molecule has 0 unspecified atom stereocenters. The van der Waals surface area contributed by atoms with Crippen LogP contribution in [0.1, 0.15) is 52.7 Å². The van der Waals surface area contributed by atoms with Gasteiger partial charge < -0.3 is 46.8 Å². The zero-order chi connectivity index (χ0) is 89.6. The number of hydrogen-bond acceptors (Lipinski definition) is 9. The molecule has 0 aliphatic rings. The molecule has 14 nitrogen and oxygen atoms in total. The van der Waals surface area contributed by atoms with Crippen LogP contribution in [0.25, 0.3) is 183 Å².